The number of likely N-dealkylation sites (tertiary alicyclic amines) is 1. The van der Waals surface area contributed by atoms with Crippen LogP contribution >= 0.6 is 0 Å². The van der Waals surface area contributed by atoms with Crippen molar-refractivity contribution < 1.29 is 14.0 Å². The lowest BCUT2D eigenvalue weighted by Gasteiger charge is -2.45. The summed E-state index contributed by atoms with van der Waals surface area (Å²) in [6, 6.07) is 15.5. The van der Waals surface area contributed by atoms with Crippen molar-refractivity contribution in [2.45, 2.75) is 50.0 Å². The minimum absolute atomic E-state index is 0.0134. The van der Waals surface area contributed by atoms with E-state index in [1.807, 2.05) is 53.4 Å². The lowest BCUT2D eigenvalue weighted by molar-refractivity contribution is -0.128. The normalized spacial score (nSPS) is 20.8. The van der Waals surface area contributed by atoms with Crippen molar-refractivity contribution in [1.29, 1.82) is 0 Å². The number of oxazole rings is 1. The van der Waals surface area contributed by atoms with Gasteiger partial charge in [0.15, 0.2) is 11.5 Å². The van der Waals surface area contributed by atoms with Gasteiger partial charge in [0.05, 0.1) is 17.9 Å². The van der Waals surface area contributed by atoms with Gasteiger partial charge in [-0.1, -0.05) is 37.1 Å². The lowest BCUT2D eigenvalue weighted by Crippen LogP contribution is -2.62. The maximum Gasteiger partial charge on any atom is 0.250 e. The molecule has 7 nitrogen and oxygen atoms in total. The predicted molar refractivity (Wildman–Crippen MR) is 126 cm³/mol. The van der Waals surface area contributed by atoms with E-state index in [-0.39, 0.29) is 17.7 Å². The van der Waals surface area contributed by atoms with Crippen molar-refractivity contribution in [3.05, 3.63) is 54.4 Å². The van der Waals surface area contributed by atoms with Crippen LogP contribution in [0.3, 0.4) is 0 Å². The van der Waals surface area contributed by atoms with Crippen LogP contribution in [-0.4, -0.2) is 46.9 Å². The number of nitrogens with one attached hydrogen (secondary N) is 1. The molecule has 3 aromatic rings. The van der Waals surface area contributed by atoms with Crippen molar-refractivity contribution in [3.63, 3.8) is 0 Å². The van der Waals surface area contributed by atoms with Gasteiger partial charge in [0.2, 0.25) is 5.91 Å². The highest BCUT2D eigenvalue weighted by Crippen LogP contribution is 2.45. The number of carbonyl (C=O) groups is 2. The van der Waals surface area contributed by atoms with E-state index in [9.17, 15) is 9.59 Å². The molecule has 3 aliphatic rings. The van der Waals surface area contributed by atoms with E-state index in [1.54, 1.807) is 0 Å². The molecular formula is C26H28N4O3. The maximum atomic E-state index is 13.7. The number of piperidine rings is 1. The van der Waals surface area contributed by atoms with Gasteiger partial charge in [0.1, 0.15) is 11.1 Å². The van der Waals surface area contributed by atoms with E-state index >= 15 is 0 Å². The summed E-state index contributed by atoms with van der Waals surface area (Å²) in [6.07, 6.45) is 5.19. The van der Waals surface area contributed by atoms with Gasteiger partial charge in [-0.15, -0.1) is 0 Å². The number of hydrogen-bond donors (Lipinski definition) is 1. The van der Waals surface area contributed by atoms with E-state index in [0.29, 0.717) is 6.54 Å². The molecule has 1 N–H and O–H groups in total. The minimum Gasteiger partial charge on any atom is -0.440 e. The number of amides is 2. The molecule has 2 amide bonds. The molecule has 2 fully saturated rings. The summed E-state index contributed by atoms with van der Waals surface area (Å²) >= 11 is 0. The van der Waals surface area contributed by atoms with Crippen LogP contribution in [0.5, 0.6) is 0 Å². The topological polar surface area (TPSA) is 78.7 Å². The Morgan fingerprint density at radius 2 is 1.79 bits per heavy atom. The van der Waals surface area contributed by atoms with E-state index in [2.05, 4.69) is 15.2 Å². The standard InChI is InChI=1S/C26H28N4O3/c31-23(30-21-9-3-1-7-19(21)28-25(32)26(30)13-5-6-14-26)17-29-15-11-18(12-16-29)24-27-20-8-2-4-10-22(20)33-24/h1-4,7-10,18H,5-6,11-17H2,(H,28,32). The van der Waals surface area contributed by atoms with E-state index in [0.717, 1.165) is 80.0 Å². The van der Waals surface area contributed by atoms with Crippen LogP contribution in [0.1, 0.15) is 50.3 Å². The van der Waals surface area contributed by atoms with Gasteiger partial charge in [-0.3, -0.25) is 19.4 Å². The molecule has 170 valence electrons. The van der Waals surface area contributed by atoms with Crippen LogP contribution in [0.25, 0.3) is 11.1 Å². The number of rotatable bonds is 3. The van der Waals surface area contributed by atoms with Crippen LogP contribution in [0.2, 0.25) is 0 Å². The Morgan fingerprint density at radius 1 is 1.06 bits per heavy atom. The lowest BCUT2D eigenvalue weighted by atomic mass is 9.89. The Balaban J connectivity index is 1.18. The first kappa shape index (κ1) is 20.4. The fraction of sp³-hybridized carbons (Fsp3) is 0.423. The van der Waals surface area contributed by atoms with Crippen molar-refractivity contribution in [1.82, 2.24) is 9.88 Å². The Labute approximate surface area is 192 Å². The fourth-order valence-electron chi connectivity index (χ4n) is 5.79. The van der Waals surface area contributed by atoms with Crippen LogP contribution < -0.4 is 10.2 Å². The van der Waals surface area contributed by atoms with Gasteiger partial charge in [0.25, 0.3) is 5.91 Å². The molecule has 0 atom stereocenters. The first-order valence-electron chi connectivity index (χ1n) is 12.0. The van der Waals surface area contributed by atoms with Crippen LogP contribution in [0.15, 0.2) is 52.9 Å². The molecule has 2 aliphatic heterocycles. The average Bonchev–Trinajstić information content (AvgIpc) is 3.48. The second kappa shape index (κ2) is 7.99. The molecule has 1 saturated heterocycles. The number of hydrogen-bond acceptors (Lipinski definition) is 5. The largest absolute Gasteiger partial charge is 0.440 e. The number of carbonyl (C=O) groups excluding carboxylic acids is 2. The molecule has 7 heteroatoms. The molecule has 1 saturated carbocycles. The summed E-state index contributed by atoms with van der Waals surface area (Å²) < 4.78 is 5.98. The third kappa shape index (κ3) is 3.42. The van der Waals surface area contributed by atoms with Gasteiger partial charge in [0, 0.05) is 5.92 Å². The molecule has 2 aromatic carbocycles. The van der Waals surface area contributed by atoms with E-state index in [4.69, 9.17) is 4.42 Å². The smallest absolute Gasteiger partial charge is 0.250 e. The second-order valence-electron chi connectivity index (χ2n) is 9.51. The highest BCUT2D eigenvalue weighted by Gasteiger charge is 2.52. The van der Waals surface area contributed by atoms with Crippen LogP contribution in [0, 0.1) is 0 Å². The number of para-hydroxylation sites is 4. The first-order valence-corrected chi connectivity index (χ1v) is 12.0. The summed E-state index contributed by atoms with van der Waals surface area (Å²) in [7, 11) is 0. The van der Waals surface area contributed by atoms with Gasteiger partial charge in [-0.2, -0.15) is 0 Å². The Morgan fingerprint density at radius 3 is 2.58 bits per heavy atom. The minimum atomic E-state index is -0.748. The fourth-order valence-corrected chi connectivity index (χ4v) is 5.79. The van der Waals surface area contributed by atoms with Crippen molar-refractivity contribution in [2.75, 3.05) is 29.9 Å². The highest BCUT2D eigenvalue weighted by molar-refractivity contribution is 6.15. The zero-order valence-corrected chi connectivity index (χ0v) is 18.6. The molecule has 3 heterocycles. The second-order valence-corrected chi connectivity index (χ2v) is 9.51. The average molecular weight is 445 g/mol. The van der Waals surface area contributed by atoms with E-state index < -0.39 is 5.54 Å². The maximum absolute atomic E-state index is 13.7. The zero-order chi connectivity index (χ0) is 22.4. The van der Waals surface area contributed by atoms with Gasteiger partial charge < -0.3 is 9.73 Å². The molecule has 0 radical (unpaired) electrons. The predicted octanol–water partition coefficient (Wildman–Crippen LogP) is 4.31. The molecular weight excluding hydrogens is 416 g/mol. The van der Waals surface area contributed by atoms with Gasteiger partial charge >= 0.3 is 0 Å². The highest BCUT2D eigenvalue weighted by atomic mass is 16.3. The van der Waals surface area contributed by atoms with Crippen LogP contribution in [0.4, 0.5) is 11.4 Å². The number of anilines is 2. The van der Waals surface area contributed by atoms with Crippen molar-refractivity contribution in [3.8, 4) is 0 Å². The molecule has 0 unspecified atom stereocenters. The van der Waals surface area contributed by atoms with Crippen molar-refractivity contribution >= 4 is 34.3 Å². The number of aromatic nitrogens is 1. The number of fused-ring (bicyclic) bond motifs is 2. The third-order valence-electron chi connectivity index (χ3n) is 7.53. The first-order chi connectivity index (χ1) is 16.1. The summed E-state index contributed by atoms with van der Waals surface area (Å²) in [4.78, 5) is 35.5. The summed E-state index contributed by atoms with van der Waals surface area (Å²) in [6.45, 7) is 1.94. The molecule has 0 bridgehead atoms. The summed E-state index contributed by atoms with van der Waals surface area (Å²) in [5, 5.41) is 3.05. The molecule has 6 rings (SSSR count). The molecule has 33 heavy (non-hydrogen) atoms. The monoisotopic (exact) mass is 444 g/mol. The number of benzene rings is 2. The van der Waals surface area contributed by atoms with Crippen molar-refractivity contribution in [2.24, 2.45) is 0 Å². The molecule has 1 aromatic heterocycles. The van der Waals surface area contributed by atoms with Gasteiger partial charge in [-0.05, 0) is 63.0 Å². The quantitative estimate of drug-likeness (QED) is 0.651. The Bertz CT molecular complexity index is 1170. The third-order valence-corrected chi connectivity index (χ3v) is 7.53. The Hall–Kier alpha value is -3.19. The molecule has 1 aliphatic carbocycles. The number of nitrogens with zero attached hydrogens (tertiary/aromatic N) is 3. The Kier molecular flexibility index (Phi) is 4.94. The zero-order valence-electron chi connectivity index (χ0n) is 18.6. The summed E-state index contributed by atoms with van der Waals surface area (Å²) in [5.74, 6) is 1.04. The molecule has 1 spiro atoms. The summed E-state index contributed by atoms with van der Waals surface area (Å²) in [5.41, 5.74) is 2.53. The SMILES string of the molecule is O=C(CN1CCC(c2nc3ccccc3o2)CC1)N1c2ccccc2NC(=O)C12CCCC2. The van der Waals surface area contributed by atoms with E-state index in [1.165, 1.54) is 0 Å². The van der Waals surface area contributed by atoms with Gasteiger partial charge in [-0.25, -0.2) is 4.98 Å². The van der Waals surface area contributed by atoms with Crippen LogP contribution in [-0.2, 0) is 9.59 Å².